The molecule has 418 valence electrons. The normalized spacial score (nSPS) is 18.8. The second-order valence-electron chi connectivity index (χ2n) is 19.5. The van der Waals surface area contributed by atoms with Gasteiger partial charge in [0, 0.05) is 19.3 Å². The first-order chi connectivity index (χ1) is 35.6. The van der Waals surface area contributed by atoms with Gasteiger partial charge in [0.2, 0.25) is 0 Å². The lowest BCUT2D eigenvalue weighted by molar-refractivity contribution is -0.301. The quantitative estimate of drug-likeness (QED) is 0.0228. The molecule has 0 aliphatic carbocycles. The summed E-state index contributed by atoms with van der Waals surface area (Å²) in [7, 11) is 0. The first-order valence-corrected chi connectivity index (χ1v) is 28.9. The minimum Gasteiger partial charge on any atom is -0.479 e. The molecular weight excluding hydrogens is 925 g/mol. The van der Waals surface area contributed by atoms with E-state index in [2.05, 4.69) is 93.7 Å². The molecule has 0 saturated carbocycles. The molecule has 6 unspecified atom stereocenters. The van der Waals surface area contributed by atoms with Crippen molar-refractivity contribution in [3.8, 4) is 0 Å². The number of hydrogen-bond donors (Lipinski definition) is 3. The monoisotopic (exact) mass is 1030 g/mol. The Labute approximate surface area is 442 Å². The third-order valence-corrected chi connectivity index (χ3v) is 12.7. The number of esters is 3. The Morgan fingerprint density at radius 1 is 0.466 bits per heavy atom. The van der Waals surface area contributed by atoms with Crippen molar-refractivity contribution < 1.29 is 58.2 Å². The van der Waals surface area contributed by atoms with Gasteiger partial charge in [-0.1, -0.05) is 190 Å². The Balaban J connectivity index is 2.71. The van der Waals surface area contributed by atoms with E-state index in [1.807, 2.05) is 0 Å². The molecule has 12 nitrogen and oxygen atoms in total. The van der Waals surface area contributed by atoms with Gasteiger partial charge < -0.3 is 39.0 Å². The maximum Gasteiger partial charge on any atom is 0.335 e. The van der Waals surface area contributed by atoms with Crippen molar-refractivity contribution in [2.75, 3.05) is 13.2 Å². The van der Waals surface area contributed by atoms with Crippen molar-refractivity contribution in [3.05, 3.63) is 72.9 Å². The van der Waals surface area contributed by atoms with Crippen LogP contribution in [0.5, 0.6) is 0 Å². The van der Waals surface area contributed by atoms with Crippen LogP contribution in [0.2, 0.25) is 0 Å². The van der Waals surface area contributed by atoms with Gasteiger partial charge in [0.15, 0.2) is 24.6 Å². The van der Waals surface area contributed by atoms with Gasteiger partial charge in [-0.25, -0.2) is 4.79 Å². The lowest BCUT2D eigenvalue weighted by Gasteiger charge is -2.40. The number of carboxylic acid groups (broad SMARTS) is 1. The molecule has 1 heterocycles. The summed E-state index contributed by atoms with van der Waals surface area (Å²) in [5.74, 6) is -3.18. The SMILES string of the molecule is CC/C=C\C/C=C\C/C=C\CCCCCC(=O)OC(COC(=O)CCCCCCCCC/C=C\CCCCCCCC)COC1OC(C(=O)O)C(O)C(O)C1OC(=O)CCCCCCC/C=C\C/C=C\CCC. The van der Waals surface area contributed by atoms with Gasteiger partial charge in [0.05, 0.1) is 6.61 Å². The van der Waals surface area contributed by atoms with Crippen LogP contribution in [-0.2, 0) is 42.9 Å². The van der Waals surface area contributed by atoms with E-state index in [4.69, 9.17) is 23.7 Å². The molecule has 0 aromatic heterocycles. The number of rotatable bonds is 48. The van der Waals surface area contributed by atoms with Crippen molar-refractivity contribution in [2.45, 2.75) is 276 Å². The molecule has 0 bridgehead atoms. The number of allylic oxidation sites excluding steroid dienone is 12. The predicted octanol–water partition coefficient (Wildman–Crippen LogP) is 14.6. The van der Waals surface area contributed by atoms with Crippen molar-refractivity contribution in [1.82, 2.24) is 0 Å². The van der Waals surface area contributed by atoms with Gasteiger partial charge in [0.25, 0.3) is 0 Å². The van der Waals surface area contributed by atoms with E-state index >= 15 is 0 Å². The molecule has 0 aromatic carbocycles. The van der Waals surface area contributed by atoms with E-state index in [0.29, 0.717) is 19.3 Å². The Morgan fingerprint density at radius 2 is 0.890 bits per heavy atom. The van der Waals surface area contributed by atoms with E-state index in [1.165, 1.54) is 64.2 Å². The standard InChI is InChI=1S/C61H102O12/c1-4-7-10-13-16-19-22-25-26-27-28-31-32-35-38-41-44-47-53(62)69-50-52(71-54(63)48-45-42-39-36-33-29-23-20-17-14-11-8-5-2)51-70-61-59(57(66)56(65)58(73-61)60(67)68)72-55(64)49-46-43-40-37-34-30-24-21-18-15-12-9-6-3/h8,11-12,15,17,20-21,24-26,29,33,52,56-59,61,65-66H,4-7,9-10,13-14,16,18-19,22-23,27-28,30-32,34-51H2,1-3H3,(H,67,68)/b11-8-,15-12-,20-17-,24-21-,26-25-,33-29-. The molecular formula is C61H102O12. The number of aliphatic carboxylic acids is 1. The minimum absolute atomic E-state index is 0.0384. The van der Waals surface area contributed by atoms with Crippen LogP contribution in [0.1, 0.15) is 239 Å². The smallest absolute Gasteiger partial charge is 0.335 e. The maximum atomic E-state index is 13.1. The molecule has 1 fully saturated rings. The van der Waals surface area contributed by atoms with E-state index in [0.717, 1.165) is 116 Å². The summed E-state index contributed by atoms with van der Waals surface area (Å²) in [6.07, 6.45) is 48.8. The summed E-state index contributed by atoms with van der Waals surface area (Å²) < 4.78 is 28.3. The fourth-order valence-corrected chi connectivity index (χ4v) is 8.30. The highest BCUT2D eigenvalue weighted by molar-refractivity contribution is 5.74. The minimum atomic E-state index is -1.91. The fraction of sp³-hybridized carbons (Fsp3) is 0.738. The molecule has 0 aromatic rings. The number of hydrogen-bond acceptors (Lipinski definition) is 11. The van der Waals surface area contributed by atoms with Crippen molar-refractivity contribution in [3.63, 3.8) is 0 Å². The summed E-state index contributed by atoms with van der Waals surface area (Å²) in [5, 5.41) is 31.4. The van der Waals surface area contributed by atoms with E-state index in [-0.39, 0.29) is 25.9 Å². The van der Waals surface area contributed by atoms with Gasteiger partial charge in [0.1, 0.15) is 18.8 Å². The third kappa shape index (κ3) is 39.3. The predicted molar refractivity (Wildman–Crippen MR) is 294 cm³/mol. The Bertz CT molecular complexity index is 1550. The molecule has 0 spiro atoms. The van der Waals surface area contributed by atoms with Gasteiger partial charge in [-0.2, -0.15) is 0 Å². The average molecular weight is 1030 g/mol. The number of aliphatic hydroxyl groups excluding tert-OH is 2. The van der Waals surface area contributed by atoms with Gasteiger partial charge in [-0.3, -0.25) is 14.4 Å². The highest BCUT2D eigenvalue weighted by Crippen LogP contribution is 2.26. The number of carboxylic acids is 1. The third-order valence-electron chi connectivity index (χ3n) is 12.7. The second kappa shape index (κ2) is 49.1. The summed E-state index contributed by atoms with van der Waals surface area (Å²) in [5.41, 5.74) is 0. The Morgan fingerprint density at radius 3 is 1.40 bits per heavy atom. The first-order valence-electron chi connectivity index (χ1n) is 28.9. The molecule has 0 amide bonds. The maximum absolute atomic E-state index is 13.1. The number of unbranched alkanes of at least 4 members (excludes halogenated alkanes) is 22. The molecule has 6 atom stereocenters. The number of aliphatic hydroxyl groups is 2. The highest BCUT2D eigenvalue weighted by Gasteiger charge is 2.50. The number of carbonyl (C=O) groups excluding carboxylic acids is 3. The van der Waals surface area contributed by atoms with E-state index in [9.17, 15) is 34.5 Å². The zero-order valence-electron chi connectivity index (χ0n) is 45.9. The van der Waals surface area contributed by atoms with Crippen LogP contribution in [0.15, 0.2) is 72.9 Å². The summed E-state index contributed by atoms with van der Waals surface area (Å²) in [6, 6.07) is 0. The van der Waals surface area contributed by atoms with Crippen LogP contribution in [0.25, 0.3) is 0 Å². The van der Waals surface area contributed by atoms with E-state index in [1.54, 1.807) is 0 Å². The molecule has 1 aliphatic rings. The van der Waals surface area contributed by atoms with Crippen LogP contribution >= 0.6 is 0 Å². The van der Waals surface area contributed by atoms with E-state index < -0.39 is 67.3 Å². The summed E-state index contributed by atoms with van der Waals surface area (Å²) in [6.45, 7) is 5.77. The van der Waals surface area contributed by atoms with Gasteiger partial charge in [-0.05, 0) is 103 Å². The largest absolute Gasteiger partial charge is 0.479 e. The van der Waals surface area contributed by atoms with Gasteiger partial charge in [-0.15, -0.1) is 0 Å². The molecule has 73 heavy (non-hydrogen) atoms. The van der Waals surface area contributed by atoms with Crippen LogP contribution in [0.4, 0.5) is 0 Å². The molecule has 1 rings (SSSR count). The van der Waals surface area contributed by atoms with Crippen LogP contribution in [0, 0.1) is 0 Å². The molecule has 3 N–H and O–H groups in total. The Kier molecular flexibility index (Phi) is 45.1. The first kappa shape index (κ1) is 67.2. The van der Waals surface area contributed by atoms with Crippen molar-refractivity contribution in [1.29, 1.82) is 0 Å². The Hall–Kier alpha value is -3.84. The van der Waals surface area contributed by atoms with Crippen LogP contribution in [-0.4, -0.2) is 89.2 Å². The van der Waals surface area contributed by atoms with Gasteiger partial charge >= 0.3 is 23.9 Å². The molecule has 1 aliphatic heterocycles. The highest BCUT2D eigenvalue weighted by atomic mass is 16.7. The zero-order valence-corrected chi connectivity index (χ0v) is 45.9. The molecule has 12 heteroatoms. The lowest BCUT2D eigenvalue weighted by Crippen LogP contribution is -2.61. The van der Waals surface area contributed by atoms with Crippen LogP contribution in [0.3, 0.4) is 0 Å². The second-order valence-corrected chi connectivity index (χ2v) is 19.5. The molecule has 1 saturated heterocycles. The summed E-state index contributed by atoms with van der Waals surface area (Å²) in [4.78, 5) is 51.0. The molecule has 0 radical (unpaired) electrons. The topological polar surface area (TPSA) is 175 Å². The average Bonchev–Trinajstić information content (AvgIpc) is 3.37. The van der Waals surface area contributed by atoms with Crippen molar-refractivity contribution in [2.24, 2.45) is 0 Å². The number of carbonyl (C=O) groups is 4. The number of ether oxygens (including phenoxy) is 5. The lowest BCUT2D eigenvalue weighted by atomic mass is 9.98. The summed E-state index contributed by atoms with van der Waals surface area (Å²) >= 11 is 0. The van der Waals surface area contributed by atoms with Crippen molar-refractivity contribution >= 4 is 23.9 Å². The van der Waals surface area contributed by atoms with Crippen LogP contribution < -0.4 is 0 Å². The fourth-order valence-electron chi connectivity index (χ4n) is 8.30. The zero-order chi connectivity index (χ0) is 53.3.